The van der Waals surface area contributed by atoms with Crippen LogP contribution in [0.15, 0.2) is 18.3 Å². The summed E-state index contributed by atoms with van der Waals surface area (Å²) in [4.78, 5) is 17.9. The smallest absolute Gasteiger partial charge is 0.258 e. The van der Waals surface area contributed by atoms with Gasteiger partial charge < -0.3 is 0 Å². The van der Waals surface area contributed by atoms with Crippen LogP contribution in [0.1, 0.15) is 0 Å². The molecule has 0 aliphatic heterocycles. The zero-order valence-electron chi connectivity index (χ0n) is 7.15. The molecule has 0 saturated heterocycles. The van der Waals surface area contributed by atoms with Crippen molar-refractivity contribution < 1.29 is 4.92 Å². The normalized spacial score (nSPS) is 10.5. The fourth-order valence-electron chi connectivity index (χ4n) is 1.19. The van der Waals surface area contributed by atoms with Crippen molar-refractivity contribution in [2.75, 3.05) is 0 Å². The summed E-state index contributed by atoms with van der Waals surface area (Å²) in [6, 6.07) is 2.70. The summed E-state index contributed by atoms with van der Waals surface area (Å²) in [7, 11) is 0. The lowest BCUT2D eigenvalue weighted by Crippen LogP contribution is -1.93. The van der Waals surface area contributed by atoms with E-state index < -0.39 is 4.92 Å². The highest BCUT2D eigenvalue weighted by atomic mass is 35.5. The van der Waals surface area contributed by atoms with E-state index in [1.54, 1.807) is 0 Å². The molecule has 5 nitrogen and oxygen atoms in total. The summed E-state index contributed by atoms with van der Waals surface area (Å²) >= 11 is 11.3. The van der Waals surface area contributed by atoms with Gasteiger partial charge in [0.25, 0.3) is 5.69 Å². The van der Waals surface area contributed by atoms with Crippen LogP contribution in [0.2, 0.25) is 10.2 Å². The molecule has 0 aliphatic carbocycles. The minimum atomic E-state index is -0.559. The molecule has 0 N–H and O–H groups in total. The molecule has 15 heavy (non-hydrogen) atoms. The first-order valence-electron chi connectivity index (χ1n) is 3.84. The van der Waals surface area contributed by atoms with Gasteiger partial charge in [-0.1, -0.05) is 23.2 Å². The van der Waals surface area contributed by atoms with E-state index in [0.717, 1.165) is 0 Å². The third-order valence-corrected chi connectivity index (χ3v) is 2.16. The van der Waals surface area contributed by atoms with E-state index in [9.17, 15) is 10.1 Å². The second-order valence-corrected chi connectivity index (χ2v) is 3.57. The van der Waals surface area contributed by atoms with Crippen LogP contribution in [0.3, 0.4) is 0 Å². The maximum atomic E-state index is 10.7. The van der Waals surface area contributed by atoms with Crippen LogP contribution in [-0.4, -0.2) is 14.9 Å². The van der Waals surface area contributed by atoms with Gasteiger partial charge >= 0.3 is 0 Å². The monoisotopic (exact) mass is 243 g/mol. The third kappa shape index (κ3) is 1.84. The quantitative estimate of drug-likeness (QED) is 0.571. The van der Waals surface area contributed by atoms with Crippen molar-refractivity contribution in [1.82, 2.24) is 9.97 Å². The Bertz CT molecular complexity index is 554. The molecule has 0 saturated carbocycles. The Morgan fingerprint density at radius 3 is 2.73 bits per heavy atom. The fourth-order valence-corrected chi connectivity index (χ4v) is 1.54. The Labute approximate surface area is 93.8 Å². The first-order chi connectivity index (χ1) is 7.08. The Morgan fingerprint density at radius 1 is 1.33 bits per heavy atom. The molecular weight excluding hydrogens is 241 g/mol. The molecule has 0 bridgehead atoms. The number of hydrogen-bond acceptors (Lipinski definition) is 4. The SMILES string of the molecule is O=[N+]([O-])c1cc(Cl)cc2nc(Cl)cnc12. The van der Waals surface area contributed by atoms with Gasteiger partial charge in [0.05, 0.1) is 16.6 Å². The summed E-state index contributed by atoms with van der Waals surface area (Å²) in [6.45, 7) is 0. The van der Waals surface area contributed by atoms with Gasteiger partial charge in [-0.3, -0.25) is 10.1 Å². The Balaban J connectivity index is 2.86. The maximum absolute atomic E-state index is 10.7. The van der Waals surface area contributed by atoms with Crippen LogP contribution in [0.4, 0.5) is 5.69 Å². The molecule has 0 radical (unpaired) electrons. The molecule has 2 aromatic rings. The number of benzene rings is 1. The summed E-state index contributed by atoms with van der Waals surface area (Å²) in [6.07, 6.45) is 1.25. The topological polar surface area (TPSA) is 68.9 Å². The average Bonchev–Trinajstić information content (AvgIpc) is 2.15. The van der Waals surface area contributed by atoms with Gasteiger partial charge in [-0.25, -0.2) is 9.97 Å². The van der Waals surface area contributed by atoms with Gasteiger partial charge in [-0.15, -0.1) is 0 Å². The highest BCUT2D eigenvalue weighted by molar-refractivity contribution is 6.32. The number of nitro benzene ring substituents is 1. The van der Waals surface area contributed by atoms with Gasteiger partial charge in [-0.05, 0) is 6.07 Å². The highest BCUT2D eigenvalue weighted by Crippen LogP contribution is 2.27. The van der Waals surface area contributed by atoms with Crippen LogP contribution in [0.5, 0.6) is 0 Å². The first-order valence-corrected chi connectivity index (χ1v) is 4.60. The van der Waals surface area contributed by atoms with Gasteiger partial charge in [-0.2, -0.15) is 0 Å². The lowest BCUT2D eigenvalue weighted by Gasteiger charge is -1.99. The molecule has 1 aromatic carbocycles. The second-order valence-electron chi connectivity index (χ2n) is 2.74. The van der Waals surface area contributed by atoms with Crippen molar-refractivity contribution in [2.45, 2.75) is 0 Å². The fraction of sp³-hybridized carbons (Fsp3) is 0. The summed E-state index contributed by atoms with van der Waals surface area (Å²) < 4.78 is 0. The molecule has 76 valence electrons. The number of halogens is 2. The molecular formula is C8H3Cl2N3O2. The molecule has 0 spiro atoms. The van der Waals surface area contributed by atoms with Crippen LogP contribution in [0, 0.1) is 10.1 Å². The predicted octanol–water partition coefficient (Wildman–Crippen LogP) is 2.84. The van der Waals surface area contributed by atoms with Crippen molar-refractivity contribution in [2.24, 2.45) is 0 Å². The van der Waals surface area contributed by atoms with E-state index in [1.165, 1.54) is 18.3 Å². The van der Waals surface area contributed by atoms with E-state index >= 15 is 0 Å². The van der Waals surface area contributed by atoms with E-state index in [0.29, 0.717) is 5.52 Å². The zero-order chi connectivity index (χ0) is 11.0. The van der Waals surface area contributed by atoms with Crippen molar-refractivity contribution in [3.8, 4) is 0 Å². The summed E-state index contributed by atoms with van der Waals surface area (Å²) in [5, 5.41) is 11.1. The molecule has 1 heterocycles. The lowest BCUT2D eigenvalue weighted by molar-refractivity contribution is -0.383. The number of nitro groups is 1. The first kappa shape index (κ1) is 10.1. The van der Waals surface area contributed by atoms with Gasteiger partial charge in [0.1, 0.15) is 5.15 Å². The van der Waals surface area contributed by atoms with Crippen molar-refractivity contribution in [1.29, 1.82) is 0 Å². The van der Waals surface area contributed by atoms with Gasteiger partial charge in [0.15, 0.2) is 5.52 Å². The number of non-ortho nitro benzene ring substituents is 1. The maximum Gasteiger partial charge on any atom is 0.298 e. The second kappa shape index (κ2) is 3.60. The Kier molecular flexibility index (Phi) is 2.42. The minimum absolute atomic E-state index is 0.166. The standard InChI is InChI=1S/C8H3Cl2N3O2/c9-4-1-5-8(6(2-4)13(14)15)11-3-7(10)12-5/h1-3H. The van der Waals surface area contributed by atoms with Gasteiger partial charge in [0.2, 0.25) is 0 Å². The van der Waals surface area contributed by atoms with Crippen molar-refractivity contribution in [3.63, 3.8) is 0 Å². The summed E-state index contributed by atoms with van der Waals surface area (Å²) in [5.74, 6) is 0. The van der Waals surface area contributed by atoms with Crippen molar-refractivity contribution in [3.05, 3.63) is 38.6 Å². The number of fused-ring (bicyclic) bond motifs is 1. The Hall–Kier alpha value is -1.46. The largest absolute Gasteiger partial charge is 0.298 e. The molecule has 0 fully saturated rings. The lowest BCUT2D eigenvalue weighted by atomic mass is 10.2. The van der Waals surface area contributed by atoms with Crippen LogP contribution < -0.4 is 0 Å². The van der Waals surface area contributed by atoms with Gasteiger partial charge in [0, 0.05) is 11.1 Å². The van der Waals surface area contributed by atoms with Crippen LogP contribution in [0.25, 0.3) is 11.0 Å². The molecule has 0 unspecified atom stereocenters. The summed E-state index contributed by atoms with van der Waals surface area (Å²) in [5.41, 5.74) is 0.303. The molecule has 2 rings (SSSR count). The molecule has 0 aliphatic rings. The number of aromatic nitrogens is 2. The van der Waals surface area contributed by atoms with E-state index in [2.05, 4.69) is 9.97 Å². The Morgan fingerprint density at radius 2 is 2.07 bits per heavy atom. The minimum Gasteiger partial charge on any atom is -0.258 e. The number of hydrogen-bond donors (Lipinski definition) is 0. The number of rotatable bonds is 1. The van der Waals surface area contributed by atoms with E-state index in [4.69, 9.17) is 23.2 Å². The van der Waals surface area contributed by atoms with E-state index in [-0.39, 0.29) is 21.4 Å². The predicted molar refractivity (Wildman–Crippen MR) is 56.2 cm³/mol. The van der Waals surface area contributed by atoms with Crippen LogP contribution in [-0.2, 0) is 0 Å². The highest BCUT2D eigenvalue weighted by Gasteiger charge is 2.15. The molecule has 0 atom stereocenters. The molecule has 1 aromatic heterocycles. The molecule has 7 heteroatoms. The third-order valence-electron chi connectivity index (χ3n) is 1.76. The average molecular weight is 244 g/mol. The zero-order valence-corrected chi connectivity index (χ0v) is 8.66. The molecule has 0 amide bonds. The number of nitrogens with zero attached hydrogens (tertiary/aromatic N) is 3. The van der Waals surface area contributed by atoms with Crippen molar-refractivity contribution >= 4 is 39.9 Å². The van der Waals surface area contributed by atoms with Crippen LogP contribution >= 0.6 is 23.2 Å². The van der Waals surface area contributed by atoms with E-state index in [1.807, 2.05) is 0 Å².